The van der Waals surface area contributed by atoms with Gasteiger partial charge in [0, 0.05) is 35.0 Å². The van der Waals surface area contributed by atoms with E-state index in [1.807, 2.05) is 74.5 Å². The third-order valence-electron chi connectivity index (χ3n) is 6.31. The van der Waals surface area contributed by atoms with Gasteiger partial charge in [0.15, 0.2) is 0 Å². The first kappa shape index (κ1) is 26.8. The van der Waals surface area contributed by atoms with E-state index in [-0.39, 0.29) is 36.7 Å². The van der Waals surface area contributed by atoms with E-state index in [1.54, 1.807) is 30.0 Å². The molecule has 0 saturated carbocycles. The number of nitrogens with zero attached hydrogens (tertiary/aromatic N) is 1. The van der Waals surface area contributed by atoms with Crippen molar-refractivity contribution in [3.63, 3.8) is 0 Å². The van der Waals surface area contributed by atoms with Gasteiger partial charge in [-0.25, -0.2) is 0 Å². The fraction of sp³-hybridized carbons (Fsp3) is 0.310. The Labute approximate surface area is 218 Å². The average molecular weight is 511 g/mol. The first-order chi connectivity index (χ1) is 16.8. The Hall–Kier alpha value is -2.82. The average Bonchev–Trinajstić information content (AvgIpc) is 2.87. The number of carbonyl (C=O) groups excluding carboxylic acids is 2. The summed E-state index contributed by atoms with van der Waals surface area (Å²) in [5, 5.41) is 3.99. The number of halogens is 2. The summed E-state index contributed by atoms with van der Waals surface area (Å²) in [5.74, 6) is -0.452. The molecular weight excluding hydrogens is 479 g/mol. The van der Waals surface area contributed by atoms with Gasteiger partial charge in [0.1, 0.15) is 6.04 Å². The lowest BCUT2D eigenvalue weighted by atomic mass is 9.88. The van der Waals surface area contributed by atoms with Crippen molar-refractivity contribution in [2.24, 2.45) is 0 Å². The van der Waals surface area contributed by atoms with Gasteiger partial charge in [-0.05, 0) is 49.1 Å². The minimum atomic E-state index is -0.671. The first-order valence-electron chi connectivity index (χ1n) is 11.9. The van der Waals surface area contributed by atoms with Gasteiger partial charge in [-0.3, -0.25) is 9.59 Å². The zero-order valence-corrected chi connectivity index (χ0v) is 21.9. The molecule has 0 bridgehead atoms. The maximum Gasteiger partial charge on any atom is 0.242 e. The topological polar surface area (TPSA) is 49.4 Å². The van der Waals surface area contributed by atoms with Crippen molar-refractivity contribution in [2.45, 2.75) is 58.2 Å². The Morgan fingerprint density at radius 1 is 0.886 bits per heavy atom. The van der Waals surface area contributed by atoms with Crippen LogP contribution in [-0.4, -0.2) is 28.8 Å². The molecule has 3 aromatic carbocycles. The summed E-state index contributed by atoms with van der Waals surface area (Å²) in [5.41, 5.74) is 2.84. The van der Waals surface area contributed by atoms with Crippen molar-refractivity contribution in [3.05, 3.63) is 106 Å². The fourth-order valence-corrected chi connectivity index (χ4v) is 4.44. The molecule has 3 rings (SSSR count). The number of rotatable bonds is 10. The van der Waals surface area contributed by atoms with Gasteiger partial charge in [0.05, 0.1) is 0 Å². The molecule has 2 amide bonds. The molecule has 0 aromatic heterocycles. The summed E-state index contributed by atoms with van der Waals surface area (Å²) >= 11 is 12.5. The van der Waals surface area contributed by atoms with Gasteiger partial charge in [-0.1, -0.05) is 96.9 Å². The summed E-state index contributed by atoms with van der Waals surface area (Å²) in [6.45, 7) is 5.93. The van der Waals surface area contributed by atoms with E-state index < -0.39 is 6.04 Å². The molecule has 0 saturated heterocycles. The highest BCUT2D eigenvalue weighted by molar-refractivity contribution is 6.35. The molecule has 0 fully saturated rings. The smallest absolute Gasteiger partial charge is 0.242 e. The maximum absolute atomic E-state index is 13.9. The molecule has 0 aliphatic rings. The SMILES string of the molecule is CC[C@@H](C)NC(=O)[C@H](C)N(Cc1ccc(Cl)cc1Cl)C(=O)CC(c1ccccc1)c1ccccc1. The summed E-state index contributed by atoms with van der Waals surface area (Å²) in [6, 6.07) is 24.5. The number of benzene rings is 3. The predicted molar refractivity (Wildman–Crippen MR) is 144 cm³/mol. The maximum atomic E-state index is 13.9. The normalized spacial score (nSPS) is 12.7. The van der Waals surface area contributed by atoms with E-state index in [4.69, 9.17) is 23.2 Å². The third-order valence-corrected chi connectivity index (χ3v) is 6.89. The molecule has 4 nitrogen and oxygen atoms in total. The monoisotopic (exact) mass is 510 g/mol. The lowest BCUT2D eigenvalue weighted by Crippen LogP contribution is -2.49. The summed E-state index contributed by atoms with van der Waals surface area (Å²) in [4.78, 5) is 28.5. The molecule has 1 N–H and O–H groups in total. The highest BCUT2D eigenvalue weighted by Gasteiger charge is 2.30. The van der Waals surface area contributed by atoms with Crippen LogP contribution in [0.2, 0.25) is 10.0 Å². The van der Waals surface area contributed by atoms with Crippen molar-refractivity contribution in [2.75, 3.05) is 0 Å². The van der Waals surface area contributed by atoms with Crippen molar-refractivity contribution < 1.29 is 9.59 Å². The van der Waals surface area contributed by atoms with E-state index in [9.17, 15) is 9.59 Å². The van der Waals surface area contributed by atoms with Crippen LogP contribution in [0.15, 0.2) is 78.9 Å². The van der Waals surface area contributed by atoms with Crippen molar-refractivity contribution >= 4 is 35.0 Å². The number of hydrogen-bond acceptors (Lipinski definition) is 2. The second-order valence-corrected chi connectivity index (χ2v) is 9.67. The Morgan fingerprint density at radius 2 is 1.46 bits per heavy atom. The Morgan fingerprint density at radius 3 is 1.97 bits per heavy atom. The lowest BCUT2D eigenvalue weighted by molar-refractivity contribution is -0.141. The number of nitrogens with one attached hydrogen (secondary N) is 1. The summed E-state index contributed by atoms with van der Waals surface area (Å²) < 4.78 is 0. The standard InChI is InChI=1S/C29H32Cl2N2O2/c1-4-20(2)32-29(35)21(3)33(19-24-15-16-25(30)17-27(24)31)28(34)18-26(22-11-7-5-8-12-22)23-13-9-6-10-14-23/h5-17,20-21,26H,4,18-19H2,1-3H3,(H,32,35)/t20-,21+/m1/s1. The molecular formula is C29H32Cl2N2O2. The van der Waals surface area contributed by atoms with Gasteiger partial charge in [-0.2, -0.15) is 0 Å². The van der Waals surface area contributed by atoms with E-state index in [0.717, 1.165) is 23.1 Å². The second kappa shape index (κ2) is 12.8. The molecule has 0 heterocycles. The Kier molecular flexibility index (Phi) is 9.76. The molecule has 3 aromatic rings. The van der Waals surface area contributed by atoms with Crippen molar-refractivity contribution in [1.29, 1.82) is 0 Å². The molecule has 0 aliphatic heterocycles. The quantitative estimate of drug-likeness (QED) is 0.324. The zero-order valence-electron chi connectivity index (χ0n) is 20.4. The number of carbonyl (C=O) groups is 2. The predicted octanol–water partition coefficient (Wildman–Crippen LogP) is 6.85. The Bertz CT molecular complexity index is 1080. The second-order valence-electron chi connectivity index (χ2n) is 8.83. The fourth-order valence-electron chi connectivity index (χ4n) is 3.97. The van der Waals surface area contributed by atoms with Gasteiger partial charge >= 0.3 is 0 Å². The van der Waals surface area contributed by atoms with Gasteiger partial charge < -0.3 is 10.2 Å². The van der Waals surface area contributed by atoms with Gasteiger partial charge in [0.25, 0.3) is 0 Å². The molecule has 0 unspecified atom stereocenters. The Balaban J connectivity index is 1.93. The van der Waals surface area contributed by atoms with Crippen LogP contribution in [0.5, 0.6) is 0 Å². The summed E-state index contributed by atoms with van der Waals surface area (Å²) in [7, 11) is 0. The lowest BCUT2D eigenvalue weighted by Gasteiger charge is -2.31. The van der Waals surface area contributed by atoms with Gasteiger partial charge in [0.2, 0.25) is 11.8 Å². The molecule has 35 heavy (non-hydrogen) atoms. The van der Waals surface area contributed by atoms with Crippen LogP contribution in [0, 0.1) is 0 Å². The highest BCUT2D eigenvalue weighted by Crippen LogP contribution is 2.30. The number of amides is 2. The number of hydrogen-bond donors (Lipinski definition) is 1. The third kappa shape index (κ3) is 7.33. The minimum absolute atomic E-state index is 0.0161. The molecule has 2 atom stereocenters. The van der Waals surface area contributed by atoms with E-state index >= 15 is 0 Å². The van der Waals surface area contributed by atoms with Crippen LogP contribution in [0.3, 0.4) is 0 Å². The molecule has 6 heteroatoms. The molecule has 184 valence electrons. The van der Waals surface area contributed by atoms with E-state index in [2.05, 4.69) is 5.32 Å². The minimum Gasteiger partial charge on any atom is -0.352 e. The first-order valence-corrected chi connectivity index (χ1v) is 12.7. The van der Waals surface area contributed by atoms with Crippen LogP contribution in [0.1, 0.15) is 56.2 Å². The van der Waals surface area contributed by atoms with E-state index in [1.165, 1.54) is 0 Å². The molecule has 0 radical (unpaired) electrons. The van der Waals surface area contributed by atoms with E-state index in [0.29, 0.717) is 10.0 Å². The summed E-state index contributed by atoms with van der Waals surface area (Å²) in [6.07, 6.45) is 1.03. The largest absolute Gasteiger partial charge is 0.352 e. The van der Waals surface area contributed by atoms with Crippen LogP contribution in [0.4, 0.5) is 0 Å². The van der Waals surface area contributed by atoms with Crippen LogP contribution in [0.25, 0.3) is 0 Å². The van der Waals surface area contributed by atoms with Gasteiger partial charge in [-0.15, -0.1) is 0 Å². The zero-order chi connectivity index (χ0) is 25.4. The van der Waals surface area contributed by atoms with Crippen molar-refractivity contribution in [3.8, 4) is 0 Å². The highest BCUT2D eigenvalue weighted by atomic mass is 35.5. The van der Waals surface area contributed by atoms with Crippen LogP contribution < -0.4 is 5.32 Å². The van der Waals surface area contributed by atoms with Crippen molar-refractivity contribution in [1.82, 2.24) is 10.2 Å². The molecule has 0 spiro atoms. The van der Waals surface area contributed by atoms with Crippen LogP contribution >= 0.6 is 23.2 Å². The van der Waals surface area contributed by atoms with Crippen LogP contribution in [-0.2, 0) is 16.1 Å². The molecule has 0 aliphatic carbocycles.